The highest BCUT2D eigenvalue weighted by Gasteiger charge is 2.04. The number of benzene rings is 1. The molecule has 0 aliphatic rings. The van der Waals surface area contributed by atoms with Gasteiger partial charge < -0.3 is 14.6 Å². The third-order valence-electron chi connectivity index (χ3n) is 2.90. The van der Waals surface area contributed by atoms with E-state index in [1.807, 2.05) is 25.2 Å². The smallest absolute Gasteiger partial charge is 0.408 e. The molecule has 0 fully saturated rings. The van der Waals surface area contributed by atoms with Gasteiger partial charge in [0.25, 0.3) is 0 Å². The minimum absolute atomic E-state index is 0.399. The maximum atomic E-state index is 11.1. The van der Waals surface area contributed by atoms with Crippen LogP contribution in [0, 0.1) is 0 Å². The van der Waals surface area contributed by atoms with Gasteiger partial charge in [-0.1, -0.05) is 6.07 Å². The summed E-state index contributed by atoms with van der Waals surface area (Å²) in [5.74, 6) is -0.399. The fraction of sp³-hybridized carbons (Fsp3) is 0.462. The Hall–Kier alpha value is -1.59. The van der Waals surface area contributed by atoms with Gasteiger partial charge in [-0.3, -0.25) is 4.98 Å². The van der Waals surface area contributed by atoms with Gasteiger partial charge in [0.15, 0.2) is 5.58 Å². The molecule has 0 atom stereocenters. The van der Waals surface area contributed by atoms with Crippen LogP contribution in [-0.2, 0) is 6.54 Å². The van der Waals surface area contributed by atoms with E-state index in [0.717, 1.165) is 31.6 Å². The number of oxazole rings is 1. The fourth-order valence-corrected chi connectivity index (χ4v) is 2.01. The van der Waals surface area contributed by atoms with Gasteiger partial charge >= 0.3 is 5.76 Å². The Balaban J connectivity index is 2.00. The Morgan fingerprint density at radius 1 is 1.44 bits per heavy atom. The first-order valence-electron chi connectivity index (χ1n) is 6.14. The molecule has 5 nitrogen and oxygen atoms in total. The maximum Gasteiger partial charge on any atom is 0.417 e. The quantitative estimate of drug-likeness (QED) is 0.754. The molecule has 1 aromatic carbocycles. The van der Waals surface area contributed by atoms with Crippen molar-refractivity contribution in [2.45, 2.75) is 13.0 Å². The van der Waals surface area contributed by atoms with Crippen molar-refractivity contribution in [3.63, 3.8) is 0 Å². The van der Waals surface area contributed by atoms with Crippen molar-refractivity contribution < 1.29 is 4.42 Å². The molecule has 2 N–H and O–H groups in total. The van der Waals surface area contributed by atoms with Gasteiger partial charge in [-0.05, 0) is 51.3 Å². The van der Waals surface area contributed by atoms with Crippen LogP contribution in [0.25, 0.3) is 11.1 Å². The van der Waals surface area contributed by atoms with E-state index in [1.54, 1.807) is 0 Å². The van der Waals surface area contributed by atoms with Crippen molar-refractivity contribution >= 4 is 11.1 Å². The Kier molecular flexibility index (Phi) is 4.17. The van der Waals surface area contributed by atoms with Crippen LogP contribution >= 0.6 is 0 Å². The van der Waals surface area contributed by atoms with Crippen LogP contribution in [0.4, 0.5) is 0 Å². The first-order chi connectivity index (χ1) is 8.69. The first-order valence-corrected chi connectivity index (χ1v) is 6.14. The molecule has 18 heavy (non-hydrogen) atoms. The monoisotopic (exact) mass is 249 g/mol. The van der Waals surface area contributed by atoms with E-state index in [1.165, 1.54) is 5.56 Å². The summed E-state index contributed by atoms with van der Waals surface area (Å²) in [7, 11) is 4.06. The molecule has 2 aromatic rings. The summed E-state index contributed by atoms with van der Waals surface area (Å²) in [5, 5.41) is 3.14. The molecule has 1 aromatic heterocycles. The molecule has 2 rings (SSSR count). The number of hydrogen-bond donors (Lipinski definition) is 2. The molecule has 0 aliphatic heterocycles. The summed E-state index contributed by atoms with van der Waals surface area (Å²) in [4.78, 5) is 16.0. The lowest BCUT2D eigenvalue weighted by molar-refractivity contribution is 0.321. The Bertz CT molecular complexity index is 559. The molecule has 0 saturated carbocycles. The molecule has 0 bridgehead atoms. The SMILES string of the molecule is CNCCCN(C)Cc1ccc2oc(=O)[nH]c2c1. The van der Waals surface area contributed by atoms with Crippen molar-refractivity contribution in [2.75, 3.05) is 27.2 Å². The van der Waals surface area contributed by atoms with E-state index < -0.39 is 5.76 Å². The van der Waals surface area contributed by atoms with Gasteiger partial charge in [0.05, 0.1) is 5.52 Å². The number of rotatable bonds is 6. The number of nitrogens with zero attached hydrogens (tertiary/aromatic N) is 1. The van der Waals surface area contributed by atoms with Gasteiger partial charge in [-0.15, -0.1) is 0 Å². The van der Waals surface area contributed by atoms with Crippen LogP contribution in [0.1, 0.15) is 12.0 Å². The van der Waals surface area contributed by atoms with Crippen molar-refractivity contribution in [2.24, 2.45) is 0 Å². The largest absolute Gasteiger partial charge is 0.417 e. The number of fused-ring (bicyclic) bond motifs is 1. The van der Waals surface area contributed by atoms with Gasteiger partial charge in [0.1, 0.15) is 0 Å². The van der Waals surface area contributed by atoms with E-state index in [0.29, 0.717) is 5.58 Å². The molecule has 0 spiro atoms. The first kappa shape index (κ1) is 12.9. The lowest BCUT2D eigenvalue weighted by atomic mass is 10.2. The average Bonchev–Trinajstić information content (AvgIpc) is 2.69. The third kappa shape index (κ3) is 3.21. The lowest BCUT2D eigenvalue weighted by Crippen LogP contribution is -2.22. The van der Waals surface area contributed by atoms with Crippen molar-refractivity contribution in [1.29, 1.82) is 0 Å². The normalized spacial score (nSPS) is 11.5. The highest BCUT2D eigenvalue weighted by atomic mass is 16.4. The zero-order chi connectivity index (χ0) is 13.0. The Labute approximate surface area is 106 Å². The molecule has 0 unspecified atom stereocenters. The average molecular weight is 249 g/mol. The zero-order valence-electron chi connectivity index (χ0n) is 10.8. The predicted molar refractivity (Wildman–Crippen MR) is 71.7 cm³/mol. The molecule has 0 radical (unpaired) electrons. The predicted octanol–water partition coefficient (Wildman–Crippen LogP) is 1.16. The van der Waals surface area contributed by atoms with Crippen LogP contribution in [0.3, 0.4) is 0 Å². The van der Waals surface area contributed by atoms with Crippen LogP contribution in [0.5, 0.6) is 0 Å². The van der Waals surface area contributed by atoms with E-state index in [9.17, 15) is 4.79 Å². The molecule has 0 aliphatic carbocycles. The van der Waals surface area contributed by atoms with E-state index in [2.05, 4.69) is 22.2 Å². The van der Waals surface area contributed by atoms with Gasteiger partial charge in [0.2, 0.25) is 0 Å². The summed E-state index contributed by atoms with van der Waals surface area (Å²) in [6.07, 6.45) is 1.12. The number of H-pyrrole nitrogens is 1. The van der Waals surface area contributed by atoms with E-state index >= 15 is 0 Å². The molecule has 1 heterocycles. The number of nitrogens with one attached hydrogen (secondary N) is 2. The van der Waals surface area contributed by atoms with Gasteiger partial charge in [-0.2, -0.15) is 0 Å². The van der Waals surface area contributed by atoms with Gasteiger partial charge in [0, 0.05) is 6.54 Å². The van der Waals surface area contributed by atoms with Gasteiger partial charge in [-0.25, -0.2) is 4.79 Å². The maximum absolute atomic E-state index is 11.1. The third-order valence-corrected chi connectivity index (χ3v) is 2.90. The molecular weight excluding hydrogens is 230 g/mol. The number of aromatic amines is 1. The van der Waals surface area contributed by atoms with Crippen LogP contribution in [0.15, 0.2) is 27.4 Å². The summed E-state index contributed by atoms with van der Waals surface area (Å²) in [5.41, 5.74) is 2.55. The highest BCUT2D eigenvalue weighted by molar-refractivity contribution is 5.72. The number of hydrogen-bond acceptors (Lipinski definition) is 4. The van der Waals surface area contributed by atoms with E-state index in [4.69, 9.17) is 4.42 Å². The minimum atomic E-state index is -0.399. The second-order valence-electron chi connectivity index (χ2n) is 4.54. The van der Waals surface area contributed by atoms with Crippen molar-refractivity contribution in [3.8, 4) is 0 Å². The van der Waals surface area contributed by atoms with Crippen LogP contribution < -0.4 is 11.1 Å². The van der Waals surface area contributed by atoms with Crippen molar-refractivity contribution in [3.05, 3.63) is 34.3 Å². The molecule has 0 amide bonds. The molecule has 98 valence electrons. The lowest BCUT2D eigenvalue weighted by Gasteiger charge is -2.16. The topological polar surface area (TPSA) is 61.3 Å². The minimum Gasteiger partial charge on any atom is -0.408 e. The summed E-state index contributed by atoms with van der Waals surface area (Å²) in [6.45, 7) is 2.94. The van der Waals surface area contributed by atoms with Crippen LogP contribution in [-0.4, -0.2) is 37.1 Å². The number of aromatic nitrogens is 1. The fourth-order valence-electron chi connectivity index (χ4n) is 2.01. The zero-order valence-corrected chi connectivity index (χ0v) is 10.8. The second-order valence-corrected chi connectivity index (χ2v) is 4.54. The summed E-state index contributed by atoms with van der Waals surface area (Å²) in [6, 6.07) is 5.80. The Morgan fingerprint density at radius 2 is 2.28 bits per heavy atom. The summed E-state index contributed by atoms with van der Waals surface area (Å²) >= 11 is 0. The molecule has 5 heteroatoms. The highest BCUT2D eigenvalue weighted by Crippen LogP contribution is 2.13. The van der Waals surface area contributed by atoms with E-state index in [-0.39, 0.29) is 0 Å². The molecule has 0 saturated heterocycles. The van der Waals surface area contributed by atoms with Crippen LogP contribution in [0.2, 0.25) is 0 Å². The van der Waals surface area contributed by atoms with Crippen molar-refractivity contribution in [1.82, 2.24) is 15.2 Å². The second kappa shape index (κ2) is 5.84. The molecular formula is C13H19N3O2. The summed E-state index contributed by atoms with van der Waals surface area (Å²) < 4.78 is 4.97. The Morgan fingerprint density at radius 3 is 3.06 bits per heavy atom. The standard InChI is InChI=1S/C13H19N3O2/c1-14-6-3-7-16(2)9-10-4-5-12-11(8-10)15-13(17)18-12/h4-5,8,14H,3,6-7,9H2,1-2H3,(H,15,17).